The van der Waals surface area contributed by atoms with E-state index >= 15 is 0 Å². The van der Waals surface area contributed by atoms with Crippen LogP contribution in [-0.2, 0) is 11.3 Å². The number of hydrogen-bond donors (Lipinski definition) is 1. The van der Waals surface area contributed by atoms with Crippen LogP contribution < -0.4 is 10.2 Å². The molecule has 0 bridgehead atoms. The number of nitrogens with one attached hydrogen (secondary N) is 1. The first kappa shape index (κ1) is 14.2. The molecule has 5 heteroatoms. The molecule has 1 aliphatic rings. The quantitative estimate of drug-likeness (QED) is 0.734. The lowest BCUT2D eigenvalue weighted by atomic mass is 10.1. The molecule has 1 aromatic heterocycles. The van der Waals surface area contributed by atoms with E-state index in [1.807, 2.05) is 19.1 Å². The van der Waals surface area contributed by atoms with E-state index in [2.05, 4.69) is 47.1 Å². The van der Waals surface area contributed by atoms with Gasteiger partial charge in [0.1, 0.15) is 6.04 Å². The second-order valence-electron chi connectivity index (χ2n) is 5.81. The maximum atomic E-state index is 12.3. The van der Waals surface area contributed by atoms with Crippen molar-refractivity contribution in [1.82, 2.24) is 9.88 Å². The number of fused-ring (bicyclic) bond motifs is 3. The lowest BCUT2D eigenvalue weighted by molar-refractivity contribution is -0.117. The molecule has 1 N–H and O–H groups in total. The van der Waals surface area contributed by atoms with Gasteiger partial charge in [-0.1, -0.05) is 18.2 Å². The summed E-state index contributed by atoms with van der Waals surface area (Å²) in [5.41, 5.74) is 3.21. The largest absolute Gasteiger partial charge is 0.350 e. The zero-order chi connectivity index (χ0) is 16.1. The van der Waals surface area contributed by atoms with Crippen LogP contribution in [0.25, 0.3) is 21.8 Å². The Morgan fingerprint density at radius 3 is 2.57 bits per heavy atom. The fourth-order valence-electron chi connectivity index (χ4n) is 3.37. The van der Waals surface area contributed by atoms with Gasteiger partial charge < -0.3 is 9.88 Å². The van der Waals surface area contributed by atoms with Gasteiger partial charge in [0, 0.05) is 28.4 Å². The Morgan fingerprint density at radius 2 is 1.87 bits per heavy atom. The van der Waals surface area contributed by atoms with Crippen LogP contribution in [0.4, 0.5) is 5.69 Å². The van der Waals surface area contributed by atoms with Crippen LogP contribution in [0.5, 0.6) is 0 Å². The summed E-state index contributed by atoms with van der Waals surface area (Å²) in [5.74, 6) is -0.00594. The number of benzene rings is 2. The normalized spacial score (nSPS) is 18.2. The molecule has 116 valence electrons. The maximum Gasteiger partial charge on any atom is 0.255 e. The number of carbonyl (C=O) groups is 1. The minimum absolute atomic E-state index is 0.00594. The van der Waals surface area contributed by atoms with Gasteiger partial charge in [0.25, 0.3) is 5.91 Å². The van der Waals surface area contributed by atoms with Crippen molar-refractivity contribution in [2.45, 2.75) is 26.4 Å². The number of rotatable bonds is 2. The van der Waals surface area contributed by atoms with E-state index in [4.69, 9.17) is 12.2 Å². The fourth-order valence-corrected chi connectivity index (χ4v) is 3.74. The highest BCUT2D eigenvalue weighted by Gasteiger charge is 2.33. The minimum atomic E-state index is -0.268. The summed E-state index contributed by atoms with van der Waals surface area (Å²) in [7, 11) is 0. The number of para-hydroxylation sites is 1. The van der Waals surface area contributed by atoms with Gasteiger partial charge >= 0.3 is 0 Å². The average Bonchev–Trinajstić information content (AvgIpc) is 3.01. The maximum absolute atomic E-state index is 12.3. The molecule has 0 radical (unpaired) electrons. The number of aromatic nitrogens is 1. The van der Waals surface area contributed by atoms with Crippen LogP contribution in [0.1, 0.15) is 13.8 Å². The van der Waals surface area contributed by atoms with Crippen molar-refractivity contribution in [2.75, 3.05) is 4.90 Å². The predicted molar refractivity (Wildman–Crippen MR) is 97.8 cm³/mol. The highest BCUT2D eigenvalue weighted by molar-refractivity contribution is 7.80. The van der Waals surface area contributed by atoms with Crippen LogP contribution >= 0.6 is 12.2 Å². The molecule has 3 aromatic rings. The summed E-state index contributed by atoms with van der Waals surface area (Å²) in [6.45, 7) is 4.88. The average molecular weight is 323 g/mol. The van der Waals surface area contributed by atoms with Gasteiger partial charge in [0.05, 0.1) is 5.69 Å². The first-order valence-electron chi connectivity index (χ1n) is 7.77. The van der Waals surface area contributed by atoms with E-state index in [9.17, 15) is 4.79 Å². The molecule has 0 aliphatic carbocycles. The van der Waals surface area contributed by atoms with Crippen molar-refractivity contribution in [3.8, 4) is 0 Å². The zero-order valence-corrected chi connectivity index (χ0v) is 13.9. The first-order chi connectivity index (χ1) is 11.1. The van der Waals surface area contributed by atoms with E-state index in [-0.39, 0.29) is 11.9 Å². The topological polar surface area (TPSA) is 37.3 Å². The van der Waals surface area contributed by atoms with Crippen molar-refractivity contribution < 1.29 is 4.79 Å². The van der Waals surface area contributed by atoms with Gasteiger partial charge in [-0.05, 0) is 50.3 Å². The molecule has 1 aliphatic heterocycles. The highest BCUT2D eigenvalue weighted by Crippen LogP contribution is 2.32. The van der Waals surface area contributed by atoms with Crippen LogP contribution in [0.2, 0.25) is 0 Å². The monoisotopic (exact) mass is 323 g/mol. The summed E-state index contributed by atoms with van der Waals surface area (Å²) >= 11 is 5.31. The number of aryl methyl sites for hydroxylation is 1. The second kappa shape index (κ2) is 5.06. The third-order valence-electron chi connectivity index (χ3n) is 4.46. The van der Waals surface area contributed by atoms with Gasteiger partial charge in [0.2, 0.25) is 0 Å². The Morgan fingerprint density at radius 1 is 1.13 bits per heavy atom. The molecule has 1 atom stereocenters. The molecule has 4 nitrogen and oxygen atoms in total. The van der Waals surface area contributed by atoms with Gasteiger partial charge in [-0.2, -0.15) is 0 Å². The van der Waals surface area contributed by atoms with Crippen LogP contribution in [0.3, 0.4) is 0 Å². The first-order valence-corrected chi connectivity index (χ1v) is 8.18. The van der Waals surface area contributed by atoms with Gasteiger partial charge in [-0.15, -0.1) is 0 Å². The molecule has 2 heterocycles. The molecule has 1 fully saturated rings. The van der Waals surface area contributed by atoms with Crippen molar-refractivity contribution in [2.24, 2.45) is 0 Å². The summed E-state index contributed by atoms with van der Waals surface area (Å²) < 4.78 is 2.29. The van der Waals surface area contributed by atoms with E-state index < -0.39 is 0 Å². The summed E-state index contributed by atoms with van der Waals surface area (Å²) in [4.78, 5) is 13.9. The molecule has 23 heavy (non-hydrogen) atoms. The van der Waals surface area contributed by atoms with E-state index in [1.165, 1.54) is 16.4 Å². The number of nitrogens with zero attached hydrogens (tertiary/aromatic N) is 2. The molecular weight excluding hydrogens is 306 g/mol. The Balaban J connectivity index is 1.97. The molecule has 1 amide bonds. The molecule has 2 aromatic carbocycles. The van der Waals surface area contributed by atoms with Crippen molar-refractivity contribution in [1.29, 1.82) is 0 Å². The molecule has 1 saturated heterocycles. The number of amides is 1. The van der Waals surface area contributed by atoms with Crippen molar-refractivity contribution >= 4 is 50.7 Å². The Bertz CT molecular complexity index is 959. The summed E-state index contributed by atoms with van der Waals surface area (Å²) in [5, 5.41) is 5.84. The summed E-state index contributed by atoms with van der Waals surface area (Å²) in [6, 6.07) is 14.2. The van der Waals surface area contributed by atoms with Crippen LogP contribution in [0, 0.1) is 0 Å². The fraction of sp³-hybridized carbons (Fsp3) is 0.222. The molecule has 4 rings (SSSR count). The second-order valence-corrected chi connectivity index (χ2v) is 6.19. The smallest absolute Gasteiger partial charge is 0.255 e. The van der Waals surface area contributed by atoms with Crippen molar-refractivity contribution in [3.63, 3.8) is 0 Å². The van der Waals surface area contributed by atoms with Crippen molar-refractivity contribution in [3.05, 3.63) is 42.5 Å². The Hall–Kier alpha value is -2.40. The van der Waals surface area contributed by atoms with E-state index in [0.717, 1.165) is 17.6 Å². The highest BCUT2D eigenvalue weighted by atomic mass is 32.1. The number of thiocarbonyl (C=S) groups is 1. The van der Waals surface area contributed by atoms with Crippen LogP contribution in [0.15, 0.2) is 42.5 Å². The van der Waals surface area contributed by atoms with E-state index in [1.54, 1.807) is 4.90 Å². The van der Waals surface area contributed by atoms with Gasteiger partial charge in [-0.3, -0.25) is 9.69 Å². The third-order valence-corrected chi connectivity index (χ3v) is 4.76. The molecule has 0 unspecified atom stereocenters. The predicted octanol–water partition coefficient (Wildman–Crippen LogP) is 3.42. The number of anilines is 1. The SMILES string of the molecule is CCn1c2ccccc2c2cc(N3C(=O)[C@H](C)NC3=S)ccc21. The molecule has 0 saturated carbocycles. The Labute approximate surface area is 139 Å². The lowest BCUT2D eigenvalue weighted by Gasteiger charge is -2.15. The minimum Gasteiger partial charge on any atom is -0.350 e. The summed E-state index contributed by atoms with van der Waals surface area (Å²) in [6.07, 6.45) is 0. The zero-order valence-electron chi connectivity index (χ0n) is 13.0. The number of carbonyl (C=O) groups excluding carboxylic acids is 1. The lowest BCUT2D eigenvalue weighted by Crippen LogP contribution is -2.30. The van der Waals surface area contributed by atoms with E-state index in [0.29, 0.717) is 5.11 Å². The standard InChI is InChI=1S/C18H17N3OS/c1-3-20-15-7-5-4-6-13(15)14-10-12(8-9-16(14)20)21-17(22)11(2)19-18(21)23/h4-11H,3H2,1-2H3,(H,19,23)/t11-/m0/s1. The third kappa shape index (κ3) is 1.96. The Kier molecular flexibility index (Phi) is 3.13. The van der Waals surface area contributed by atoms with Gasteiger partial charge in [-0.25, -0.2) is 0 Å². The molecule has 0 spiro atoms. The van der Waals surface area contributed by atoms with Crippen LogP contribution in [-0.4, -0.2) is 21.6 Å². The number of hydrogen-bond acceptors (Lipinski definition) is 2. The molecular formula is C18H17N3OS. The van der Waals surface area contributed by atoms with Gasteiger partial charge in [0.15, 0.2) is 5.11 Å².